The summed E-state index contributed by atoms with van der Waals surface area (Å²) in [5, 5.41) is 16.6. The molecule has 0 unspecified atom stereocenters. The van der Waals surface area contributed by atoms with Crippen molar-refractivity contribution in [3.05, 3.63) is 77.3 Å². The molecule has 8 heteroatoms. The van der Waals surface area contributed by atoms with E-state index in [4.69, 9.17) is 11.6 Å². The van der Waals surface area contributed by atoms with Gasteiger partial charge in [-0.15, -0.1) is 0 Å². The second kappa shape index (κ2) is 11.1. The van der Waals surface area contributed by atoms with E-state index in [0.717, 1.165) is 32.2 Å². The zero-order valence-electron chi connectivity index (χ0n) is 17.8. The highest BCUT2D eigenvalue weighted by Gasteiger charge is 2.19. The van der Waals surface area contributed by atoms with Gasteiger partial charge in [0.05, 0.1) is 10.2 Å². The quantitative estimate of drug-likeness (QED) is 0.245. The average Bonchev–Trinajstić information content (AvgIpc) is 3.20. The molecule has 1 aromatic heterocycles. The lowest BCUT2D eigenvalue weighted by atomic mass is 10.0. The molecule has 0 radical (unpaired) electrons. The zero-order valence-corrected chi connectivity index (χ0v) is 19.4. The van der Waals surface area contributed by atoms with Gasteiger partial charge in [-0.25, -0.2) is 9.78 Å². The Bertz CT molecular complexity index is 1290. The fraction of sp³-hybridized carbons (Fsp3) is 0.192. The van der Waals surface area contributed by atoms with E-state index in [1.807, 2.05) is 61.5 Å². The van der Waals surface area contributed by atoms with Crippen molar-refractivity contribution in [1.29, 1.82) is 0 Å². The van der Waals surface area contributed by atoms with Gasteiger partial charge in [0.1, 0.15) is 6.04 Å². The van der Waals surface area contributed by atoms with Crippen LogP contribution in [0.1, 0.15) is 37.6 Å². The molecule has 3 aromatic carbocycles. The number of aromatic nitrogens is 1. The van der Waals surface area contributed by atoms with E-state index in [1.165, 1.54) is 11.3 Å². The molecule has 4 aromatic rings. The minimum atomic E-state index is -1.02. The maximum Gasteiger partial charge on any atom is 0.326 e. The van der Waals surface area contributed by atoms with E-state index in [0.29, 0.717) is 23.4 Å². The summed E-state index contributed by atoms with van der Waals surface area (Å²) in [6.45, 7) is 1.88. The second-order valence-electron chi connectivity index (χ2n) is 7.56. The third-order valence-corrected chi connectivity index (χ3v) is 6.32. The summed E-state index contributed by atoms with van der Waals surface area (Å²) in [4.78, 5) is 28.2. The van der Waals surface area contributed by atoms with Gasteiger partial charge >= 0.3 is 5.97 Å². The average molecular weight is 496 g/mol. The van der Waals surface area contributed by atoms with Crippen LogP contribution in [-0.4, -0.2) is 28.0 Å². The Morgan fingerprint density at radius 1 is 1.03 bits per heavy atom. The highest BCUT2D eigenvalue weighted by atomic mass is 35.5. The highest BCUT2D eigenvalue weighted by molar-refractivity contribution is 7.22. The number of hydrogen-bond donors (Lipinski definition) is 3. The Morgan fingerprint density at radius 2 is 1.68 bits per heavy atom. The Balaban J connectivity index is 0.00000324. The monoisotopic (exact) mass is 495 g/mol. The number of thiazole rings is 1. The first kappa shape index (κ1) is 25.2. The van der Waals surface area contributed by atoms with Gasteiger partial charge in [-0.2, -0.15) is 0 Å². The fourth-order valence-corrected chi connectivity index (χ4v) is 4.59. The Kier molecular flexibility index (Phi) is 8.26. The predicted molar refractivity (Wildman–Crippen MR) is 140 cm³/mol. The van der Waals surface area contributed by atoms with Gasteiger partial charge in [-0.3, -0.25) is 4.79 Å². The lowest BCUT2D eigenvalue weighted by Crippen LogP contribution is -2.40. The molecule has 176 valence electrons. The normalized spacial score (nSPS) is 11.5. The topological polar surface area (TPSA) is 91.3 Å². The van der Waals surface area contributed by atoms with Gasteiger partial charge in [0.15, 0.2) is 5.13 Å². The molecule has 1 atom stereocenters. The molecule has 0 spiro atoms. The van der Waals surface area contributed by atoms with Gasteiger partial charge in [0, 0.05) is 16.3 Å². The molecule has 0 bridgehead atoms. The number of amides is 1. The van der Waals surface area contributed by atoms with E-state index >= 15 is 0 Å². The number of rotatable bonds is 8. The summed E-state index contributed by atoms with van der Waals surface area (Å²) in [5.74, 6) is -1.41. The van der Waals surface area contributed by atoms with Crippen LogP contribution in [0, 0.1) is 0 Å². The molecule has 34 heavy (non-hydrogen) atoms. The van der Waals surface area contributed by atoms with Crippen LogP contribution < -0.4 is 10.6 Å². The summed E-state index contributed by atoms with van der Waals surface area (Å²) < 4.78 is 1.02. The lowest BCUT2D eigenvalue weighted by Gasteiger charge is -2.13. The maximum atomic E-state index is 12.4. The minimum absolute atomic E-state index is 0. The van der Waals surface area contributed by atoms with Gasteiger partial charge in [-0.05, 0) is 60.0 Å². The smallest absolute Gasteiger partial charge is 0.326 e. The van der Waals surface area contributed by atoms with Crippen molar-refractivity contribution in [2.75, 3.05) is 5.32 Å². The van der Waals surface area contributed by atoms with Crippen molar-refractivity contribution in [3.63, 3.8) is 0 Å². The number of aliphatic carboxylic acids is 1. The summed E-state index contributed by atoms with van der Waals surface area (Å²) in [5.41, 5.74) is 4.19. The van der Waals surface area contributed by atoms with Crippen LogP contribution in [0.25, 0.3) is 21.3 Å². The number of nitrogens with zero attached hydrogens (tertiary/aromatic N) is 1. The molecule has 0 saturated carbocycles. The van der Waals surface area contributed by atoms with Crippen LogP contribution >= 0.6 is 22.9 Å². The maximum absolute atomic E-state index is 12.4. The molecule has 0 aliphatic carbocycles. The molecule has 3 N–H and O–H groups in total. The molecule has 6 nitrogen and oxygen atoms in total. The van der Waals surface area contributed by atoms with E-state index in [2.05, 4.69) is 15.6 Å². The van der Waals surface area contributed by atoms with E-state index in [9.17, 15) is 14.7 Å². The van der Waals surface area contributed by atoms with Crippen LogP contribution in [0.5, 0.6) is 0 Å². The van der Waals surface area contributed by atoms with Crippen molar-refractivity contribution in [2.24, 2.45) is 0 Å². The Hall–Kier alpha value is -3.42. The largest absolute Gasteiger partial charge is 0.480 e. The van der Waals surface area contributed by atoms with Crippen molar-refractivity contribution < 1.29 is 14.7 Å². The summed E-state index contributed by atoms with van der Waals surface area (Å²) in [6.07, 6.45) is 1.07. The molecular weight excluding hydrogens is 470 g/mol. The van der Waals surface area contributed by atoms with E-state index < -0.39 is 12.0 Å². The molecule has 0 aliphatic heterocycles. The number of hydrogen-bond acceptors (Lipinski definition) is 5. The van der Waals surface area contributed by atoms with Crippen molar-refractivity contribution in [2.45, 2.75) is 33.2 Å². The van der Waals surface area contributed by atoms with Crippen LogP contribution in [0.4, 0.5) is 10.8 Å². The number of carbonyl (C=O) groups is 2. The first-order chi connectivity index (χ1) is 15.9. The van der Waals surface area contributed by atoms with Crippen molar-refractivity contribution >= 4 is 55.8 Å². The van der Waals surface area contributed by atoms with Crippen LogP contribution in [0.15, 0.2) is 66.7 Å². The lowest BCUT2D eigenvalue weighted by molar-refractivity contribution is -0.139. The van der Waals surface area contributed by atoms with Gasteiger partial charge < -0.3 is 15.7 Å². The zero-order chi connectivity index (χ0) is 23.4. The number of nitrogens with one attached hydrogen (secondary N) is 2. The molecule has 0 saturated heterocycles. The minimum Gasteiger partial charge on any atom is -0.480 e. The third kappa shape index (κ3) is 5.92. The first-order valence-electron chi connectivity index (χ1n) is 10.5. The Morgan fingerprint density at radius 3 is 2.29 bits per heavy atom. The summed E-state index contributed by atoms with van der Waals surface area (Å²) in [6, 6.07) is 19.8. The molecule has 0 aliphatic rings. The summed E-state index contributed by atoms with van der Waals surface area (Å²) in [7, 11) is 0. The Labute approximate surface area is 207 Å². The number of fused-ring (bicyclic) bond motifs is 1. The SMILES string of the molecule is C.CCC[C@H](NC(=O)c1ccc(-c2ccc(Nc3nc4ccc(Cl)cc4s3)cc2)cc1)C(=O)O. The van der Waals surface area contributed by atoms with Crippen LogP contribution in [0.2, 0.25) is 5.02 Å². The first-order valence-corrected chi connectivity index (χ1v) is 11.7. The van der Waals surface area contributed by atoms with E-state index in [-0.39, 0.29) is 13.3 Å². The summed E-state index contributed by atoms with van der Waals surface area (Å²) >= 11 is 7.59. The number of anilines is 2. The molecule has 0 fully saturated rings. The van der Waals surface area contributed by atoms with Crippen molar-refractivity contribution in [3.8, 4) is 11.1 Å². The number of halogens is 1. The number of carboxylic acid groups (broad SMARTS) is 1. The molecule has 4 rings (SSSR count). The fourth-order valence-electron chi connectivity index (χ4n) is 3.42. The van der Waals surface area contributed by atoms with Gasteiger partial charge in [0.25, 0.3) is 5.91 Å². The third-order valence-electron chi connectivity index (χ3n) is 5.15. The molecule has 1 amide bonds. The van der Waals surface area contributed by atoms with Crippen LogP contribution in [0.3, 0.4) is 0 Å². The second-order valence-corrected chi connectivity index (χ2v) is 9.03. The van der Waals surface area contributed by atoms with Crippen molar-refractivity contribution in [1.82, 2.24) is 10.3 Å². The van der Waals surface area contributed by atoms with E-state index in [1.54, 1.807) is 12.1 Å². The number of benzene rings is 3. The number of carbonyl (C=O) groups excluding carboxylic acids is 1. The van der Waals surface area contributed by atoms with Gasteiger partial charge in [-0.1, -0.05) is 68.0 Å². The predicted octanol–water partition coefficient (Wildman–Crippen LogP) is 6.98. The van der Waals surface area contributed by atoms with Gasteiger partial charge in [0.2, 0.25) is 0 Å². The molecular formula is C26H26ClN3O3S. The van der Waals surface area contributed by atoms with Crippen LogP contribution in [-0.2, 0) is 4.79 Å². The molecule has 1 heterocycles. The standard InChI is InChI=1S/C25H22ClN3O3S.CH4/c1-2-3-21(24(31)32)28-23(30)17-6-4-15(5-7-17)16-8-11-19(12-9-16)27-25-29-20-13-10-18(26)14-22(20)33-25;/h4-14,21H,2-3H2,1H3,(H,27,29)(H,28,30)(H,31,32);1H4/t21-;/m0./s1. The highest BCUT2D eigenvalue weighted by Crippen LogP contribution is 2.31. The number of carboxylic acids is 1.